The number of aromatic hydroxyl groups is 1. The van der Waals surface area contributed by atoms with Crippen molar-refractivity contribution in [3.8, 4) is 18.1 Å². The minimum atomic E-state index is -1.30. The molecule has 144 valence electrons. The van der Waals surface area contributed by atoms with Gasteiger partial charge in [-0.2, -0.15) is 0 Å². The second-order valence-electron chi connectivity index (χ2n) is 6.64. The molecule has 0 heterocycles. The number of hydrogen-bond donors (Lipinski definition) is 4. The van der Waals surface area contributed by atoms with Gasteiger partial charge in [0, 0.05) is 14.1 Å². The van der Waals surface area contributed by atoms with Crippen molar-refractivity contribution in [3.05, 3.63) is 35.2 Å². The van der Waals surface area contributed by atoms with Gasteiger partial charge in [0.1, 0.15) is 5.70 Å². The van der Waals surface area contributed by atoms with Crippen molar-refractivity contribution in [2.45, 2.75) is 38.3 Å². The Morgan fingerprint density at radius 2 is 1.96 bits per heavy atom. The van der Waals surface area contributed by atoms with Gasteiger partial charge >= 0.3 is 0 Å². The number of terminal acetylenes is 1. The van der Waals surface area contributed by atoms with Gasteiger partial charge in [0.15, 0.2) is 11.9 Å². The van der Waals surface area contributed by atoms with E-state index in [-0.39, 0.29) is 34.3 Å². The van der Waals surface area contributed by atoms with Crippen molar-refractivity contribution in [1.82, 2.24) is 10.2 Å². The number of hydrogen-bond acceptors (Lipinski definition) is 6. The molecule has 27 heavy (non-hydrogen) atoms. The first kappa shape index (κ1) is 20.3. The molecule has 0 saturated carbocycles. The topological polar surface area (TPSA) is 102 Å². The third-order valence-electron chi connectivity index (χ3n) is 4.83. The molecule has 0 aromatic heterocycles. The Balaban J connectivity index is 2.39. The number of para-hydroxylation sites is 1. The predicted molar refractivity (Wildman–Crippen MR) is 103 cm³/mol. The van der Waals surface area contributed by atoms with Gasteiger partial charge in [-0.25, -0.2) is 0 Å². The van der Waals surface area contributed by atoms with Crippen LogP contribution in [0.25, 0.3) is 0 Å². The molecule has 1 aromatic carbocycles. The number of amides is 1. The molecule has 1 atom stereocenters. The Morgan fingerprint density at radius 3 is 2.48 bits per heavy atom. The quantitative estimate of drug-likeness (QED) is 0.427. The number of benzene rings is 1. The average Bonchev–Trinajstić information content (AvgIpc) is 2.68. The fourth-order valence-corrected chi connectivity index (χ4v) is 2.84. The third kappa shape index (κ3) is 3.62. The van der Waals surface area contributed by atoms with E-state index in [9.17, 15) is 19.8 Å². The molecule has 2 rings (SSSR count). The van der Waals surface area contributed by atoms with E-state index in [2.05, 4.69) is 16.6 Å². The van der Waals surface area contributed by atoms with Crippen LogP contribution in [0, 0.1) is 12.3 Å². The molecular weight excluding hydrogens is 346 g/mol. The Morgan fingerprint density at radius 1 is 1.33 bits per heavy atom. The molecule has 0 radical (unpaired) electrons. The molecule has 0 spiro atoms. The van der Waals surface area contributed by atoms with Crippen LogP contribution < -0.4 is 10.6 Å². The van der Waals surface area contributed by atoms with Crippen molar-refractivity contribution in [3.63, 3.8) is 0 Å². The summed E-state index contributed by atoms with van der Waals surface area (Å²) >= 11 is 0. The molecule has 7 heteroatoms. The van der Waals surface area contributed by atoms with E-state index < -0.39 is 17.4 Å². The lowest BCUT2D eigenvalue weighted by Crippen LogP contribution is -2.53. The van der Waals surface area contributed by atoms with E-state index in [1.165, 1.54) is 11.0 Å². The number of anilines is 1. The molecule has 1 aromatic rings. The van der Waals surface area contributed by atoms with Crippen molar-refractivity contribution in [1.29, 1.82) is 0 Å². The molecule has 7 nitrogen and oxygen atoms in total. The minimum Gasteiger partial charge on any atom is -0.505 e. The van der Waals surface area contributed by atoms with E-state index in [1.54, 1.807) is 26.2 Å². The van der Waals surface area contributed by atoms with Crippen LogP contribution in [0.15, 0.2) is 29.6 Å². The number of rotatable bonds is 7. The summed E-state index contributed by atoms with van der Waals surface area (Å²) in [6.45, 7) is 3.83. The Hall–Kier alpha value is -2.98. The first-order valence-electron chi connectivity index (χ1n) is 8.74. The van der Waals surface area contributed by atoms with Crippen LogP contribution in [-0.2, 0) is 4.79 Å². The van der Waals surface area contributed by atoms with E-state index in [1.807, 2.05) is 13.8 Å². The number of phenolic OH excluding ortho intramolecular Hbond substituents is 1. The number of Topliss-reactive ketones (excluding diaryl/α,β-unsaturated/α-hetero) is 1. The average molecular weight is 371 g/mol. The molecule has 1 aliphatic carbocycles. The summed E-state index contributed by atoms with van der Waals surface area (Å²) in [4.78, 5) is 25.6. The third-order valence-corrected chi connectivity index (χ3v) is 4.83. The van der Waals surface area contributed by atoms with Gasteiger partial charge in [0.05, 0.1) is 22.5 Å². The van der Waals surface area contributed by atoms with Gasteiger partial charge < -0.3 is 25.7 Å². The summed E-state index contributed by atoms with van der Waals surface area (Å²) in [5.74, 6) is 1.53. The molecule has 1 amide bonds. The first-order chi connectivity index (χ1) is 12.7. The highest BCUT2D eigenvalue weighted by Crippen LogP contribution is 2.33. The van der Waals surface area contributed by atoms with Crippen LogP contribution in [0.5, 0.6) is 5.75 Å². The molecular formula is C20H25N3O4. The molecule has 0 fully saturated rings. The number of ketones is 1. The number of phenols is 1. The zero-order valence-corrected chi connectivity index (χ0v) is 16.0. The number of nitrogens with zero attached hydrogens (tertiary/aromatic N) is 1. The van der Waals surface area contributed by atoms with E-state index >= 15 is 0 Å². The van der Waals surface area contributed by atoms with Gasteiger partial charge in [-0.15, -0.1) is 6.42 Å². The standard InChI is InChI=1S/C20H25N3O4/c1-6-20(7-2,8-3)22-15-14(17(25)18(15)26)21-13-11-9-10-12(16(13)24)19(27)23(4)5/h1,9-11,18,21-22,24,26H,7-8H2,2-5H3. The van der Waals surface area contributed by atoms with Crippen LogP contribution in [0.3, 0.4) is 0 Å². The Kier molecular flexibility index (Phi) is 5.82. The highest BCUT2D eigenvalue weighted by molar-refractivity contribution is 6.11. The zero-order chi connectivity index (χ0) is 20.4. The molecule has 0 bridgehead atoms. The van der Waals surface area contributed by atoms with Gasteiger partial charge in [-0.1, -0.05) is 25.8 Å². The monoisotopic (exact) mass is 371 g/mol. The van der Waals surface area contributed by atoms with E-state index in [0.717, 1.165) is 0 Å². The maximum absolute atomic E-state index is 12.2. The second kappa shape index (κ2) is 7.72. The zero-order valence-electron chi connectivity index (χ0n) is 16.0. The van der Waals surface area contributed by atoms with Gasteiger partial charge in [0.25, 0.3) is 5.91 Å². The lowest BCUT2D eigenvalue weighted by molar-refractivity contribution is -0.124. The van der Waals surface area contributed by atoms with Crippen LogP contribution in [0.4, 0.5) is 5.69 Å². The Labute approximate surface area is 159 Å². The lowest BCUT2D eigenvalue weighted by atomic mass is 9.88. The molecule has 1 aliphatic rings. The summed E-state index contributed by atoms with van der Waals surface area (Å²) in [6, 6.07) is 4.62. The number of aliphatic hydroxyl groups excluding tert-OH is 1. The van der Waals surface area contributed by atoms with Crippen LogP contribution in [0.1, 0.15) is 37.0 Å². The smallest absolute Gasteiger partial charge is 0.257 e. The second-order valence-corrected chi connectivity index (χ2v) is 6.64. The van der Waals surface area contributed by atoms with Crippen molar-refractivity contribution >= 4 is 17.4 Å². The Bertz CT molecular complexity index is 832. The largest absolute Gasteiger partial charge is 0.505 e. The summed E-state index contributed by atoms with van der Waals surface area (Å²) in [5, 5.41) is 26.4. The molecule has 0 aliphatic heterocycles. The van der Waals surface area contributed by atoms with E-state index in [4.69, 9.17) is 6.42 Å². The number of carbonyl (C=O) groups is 2. The number of carbonyl (C=O) groups excluding carboxylic acids is 2. The van der Waals surface area contributed by atoms with Gasteiger partial charge in [0.2, 0.25) is 5.78 Å². The summed E-state index contributed by atoms with van der Waals surface area (Å²) in [7, 11) is 3.15. The van der Waals surface area contributed by atoms with Crippen LogP contribution in [0.2, 0.25) is 0 Å². The van der Waals surface area contributed by atoms with Crippen molar-refractivity contribution in [2.24, 2.45) is 0 Å². The fourth-order valence-electron chi connectivity index (χ4n) is 2.84. The van der Waals surface area contributed by atoms with Gasteiger partial charge in [-0.05, 0) is 25.0 Å². The molecule has 0 saturated heterocycles. The maximum atomic E-state index is 12.2. The van der Waals surface area contributed by atoms with E-state index in [0.29, 0.717) is 12.8 Å². The lowest BCUT2D eigenvalue weighted by Gasteiger charge is -2.37. The fraction of sp³-hybridized carbons (Fsp3) is 0.400. The molecule has 1 unspecified atom stereocenters. The predicted octanol–water partition coefficient (Wildman–Crippen LogP) is 1.44. The summed E-state index contributed by atoms with van der Waals surface area (Å²) < 4.78 is 0. The molecule has 4 N–H and O–H groups in total. The van der Waals surface area contributed by atoms with Crippen LogP contribution in [-0.4, -0.2) is 52.5 Å². The van der Waals surface area contributed by atoms with Crippen molar-refractivity contribution < 1.29 is 19.8 Å². The highest BCUT2D eigenvalue weighted by atomic mass is 16.3. The summed E-state index contributed by atoms with van der Waals surface area (Å²) in [5.41, 5.74) is 0.0117. The SMILES string of the molecule is C#CC(CC)(CC)NC1=C(Nc2cccc(C(=O)N(C)C)c2O)C(=O)C1O. The minimum absolute atomic E-state index is 0.104. The van der Waals surface area contributed by atoms with Crippen LogP contribution >= 0.6 is 0 Å². The maximum Gasteiger partial charge on any atom is 0.257 e. The number of aliphatic hydroxyl groups is 1. The van der Waals surface area contributed by atoms with Crippen molar-refractivity contribution in [2.75, 3.05) is 19.4 Å². The highest BCUT2D eigenvalue weighted by Gasteiger charge is 2.41. The normalized spacial score (nSPS) is 16.4. The summed E-state index contributed by atoms with van der Waals surface area (Å²) in [6.07, 6.45) is 5.55. The first-order valence-corrected chi connectivity index (χ1v) is 8.74. The van der Waals surface area contributed by atoms with Gasteiger partial charge in [-0.3, -0.25) is 9.59 Å². The number of nitrogens with one attached hydrogen (secondary N) is 2.